The quantitative estimate of drug-likeness (QED) is 0.0201. The molecule has 0 saturated heterocycles. The van der Waals surface area contributed by atoms with Crippen molar-refractivity contribution in [2.75, 3.05) is 19.8 Å². The van der Waals surface area contributed by atoms with E-state index in [0.717, 1.165) is 0 Å². The van der Waals surface area contributed by atoms with Crippen LogP contribution >= 0.6 is 0 Å². The highest BCUT2D eigenvalue weighted by Gasteiger charge is 2.97. The van der Waals surface area contributed by atoms with Crippen molar-refractivity contribution >= 4 is 41.5 Å². The molecule has 0 aliphatic carbocycles. The molecule has 0 aliphatic rings. The Morgan fingerprint density at radius 2 is 0.546 bits per heavy atom. The largest absolute Gasteiger partial charge is 0.465 e. The molecule has 0 spiro atoms. The van der Waals surface area contributed by atoms with E-state index in [0.29, 0.717) is 0 Å². The molecule has 0 saturated carbocycles. The molecule has 0 radical (unpaired) electrons. The highest BCUT2D eigenvalue weighted by Crippen LogP contribution is 2.66. The summed E-state index contributed by atoms with van der Waals surface area (Å²) in [5, 5.41) is 59.3. The molecule has 0 aromatic rings. The Labute approximate surface area is 585 Å². The van der Waals surface area contributed by atoms with Crippen LogP contribution < -0.4 is 26.6 Å². The van der Waals surface area contributed by atoms with Gasteiger partial charge in [0.2, 0.25) is 23.6 Å². The number of hydrogen-bond acceptors (Lipinski definition) is 14. The molecule has 0 aromatic carbocycles. The van der Waals surface area contributed by atoms with Gasteiger partial charge in [0.05, 0.1) is 32.7 Å². The number of carbonyl (C=O) groups excluding carboxylic acids is 7. The predicted molar refractivity (Wildman–Crippen MR) is 290 cm³/mol. The first-order chi connectivity index (χ1) is 47.8. The van der Waals surface area contributed by atoms with Gasteiger partial charge in [0, 0.05) is 6.42 Å². The summed E-state index contributed by atoms with van der Waals surface area (Å²) in [4.78, 5) is 95.0. The summed E-state index contributed by atoms with van der Waals surface area (Å²) >= 11 is 0. The molecule has 0 aromatic heterocycles. The Bertz CT molecular complexity index is 3030. The van der Waals surface area contributed by atoms with Crippen molar-refractivity contribution in [3.8, 4) is 0 Å². The zero-order valence-electron chi connectivity index (χ0n) is 56.0. The van der Waals surface area contributed by atoms with Gasteiger partial charge in [-0.3, -0.25) is 28.8 Å². The molecule has 19 nitrogen and oxygen atoms in total. The number of esters is 2. The molecule has 0 heterocycles. The average molecular weight is 1670 g/mol. The summed E-state index contributed by atoms with van der Waals surface area (Å²) in [6.07, 6.45) is -38.9. The molecule has 0 bridgehead atoms. The van der Waals surface area contributed by atoms with Crippen LogP contribution in [0.25, 0.3) is 0 Å². The van der Waals surface area contributed by atoms with Crippen LogP contribution in [0.5, 0.6) is 0 Å². The lowest BCUT2D eigenvalue weighted by Gasteiger charge is -2.42. The number of hydrogen-bond donors (Lipinski definition) is 10. The molecule has 1 unspecified atom stereocenters. The SMILES string of the molecule is CC(C)C[C@H](NC(=O)[C@H](CC(C)C)NC(=O)[C@H](CC(C)C)NC(=O)[C@H](CC(C)C)NC(=O)[C@H](O)[C@@H](O)[C@H](O)[C@H](O)CO)C(=O)NC(CCC(=O)OCCC(F)(F)C(F)(F)C(F)(F)C(F)(F)C(F)(F)C(F)(F)C(F)(F)C(F)(F)F)C(=O)OCCC(F)(F)C(F)(F)C(F)(F)C(F)(F)C(F)(F)C(F)(F)C(F)(F)C(F)(F)F. The summed E-state index contributed by atoms with van der Waals surface area (Å²) in [7, 11) is 0. The lowest BCUT2D eigenvalue weighted by Crippen LogP contribution is -2.74. The maximum absolute atomic E-state index is 14.9. The number of rotatable bonds is 44. The Morgan fingerprint density at radius 1 is 0.315 bits per heavy atom. The van der Waals surface area contributed by atoms with Crippen LogP contribution in [0.4, 0.5) is 149 Å². The van der Waals surface area contributed by atoms with Crippen LogP contribution in [0, 0.1) is 23.7 Å². The zero-order valence-corrected chi connectivity index (χ0v) is 56.0. The zero-order chi connectivity index (χ0) is 86.3. The van der Waals surface area contributed by atoms with Gasteiger partial charge in [-0.05, 0) is 55.8 Å². The van der Waals surface area contributed by atoms with E-state index in [1.54, 1.807) is 0 Å². The first kappa shape index (κ1) is 102. The number of carbonyl (C=O) groups is 7. The number of alkyl halides is 34. The fourth-order valence-electron chi connectivity index (χ4n) is 8.80. The molecular weight excluding hydrogens is 1600 g/mol. The molecule has 108 heavy (non-hydrogen) atoms. The summed E-state index contributed by atoms with van der Waals surface area (Å²) in [6, 6.07) is -10.9. The molecule has 0 aliphatic heterocycles. The van der Waals surface area contributed by atoms with Crippen molar-refractivity contribution < 1.29 is 218 Å². The average Bonchev–Trinajstić information content (AvgIpc) is 0.701. The summed E-state index contributed by atoms with van der Waals surface area (Å²) < 4.78 is 480. The van der Waals surface area contributed by atoms with Crippen LogP contribution in [0.15, 0.2) is 0 Å². The number of aliphatic hydroxyl groups excluding tert-OH is 5. The van der Waals surface area contributed by atoms with E-state index in [9.17, 15) is 203 Å². The van der Waals surface area contributed by atoms with Crippen molar-refractivity contribution in [3.63, 3.8) is 0 Å². The topological polar surface area (TPSA) is 299 Å². The van der Waals surface area contributed by atoms with Crippen LogP contribution in [0.1, 0.15) is 107 Å². The Kier molecular flexibility index (Phi) is 33.5. The second-order valence-electron chi connectivity index (χ2n) is 25.7. The highest BCUT2D eigenvalue weighted by atomic mass is 19.4. The van der Waals surface area contributed by atoms with Crippen molar-refractivity contribution in [1.82, 2.24) is 26.6 Å². The van der Waals surface area contributed by atoms with Gasteiger partial charge < -0.3 is 61.6 Å². The molecular formula is C55H69F34N5O14. The van der Waals surface area contributed by atoms with E-state index in [-0.39, 0.29) is 12.8 Å². The second-order valence-corrected chi connectivity index (χ2v) is 25.7. The van der Waals surface area contributed by atoms with Gasteiger partial charge in [-0.25, -0.2) is 4.79 Å². The van der Waals surface area contributed by atoms with E-state index < -0.39 is 273 Å². The van der Waals surface area contributed by atoms with Gasteiger partial charge in [0.15, 0.2) is 6.10 Å². The van der Waals surface area contributed by atoms with E-state index in [4.69, 9.17) is 5.11 Å². The highest BCUT2D eigenvalue weighted by molar-refractivity contribution is 5.96. The minimum Gasteiger partial charge on any atom is -0.465 e. The van der Waals surface area contributed by atoms with E-state index in [1.165, 1.54) is 60.7 Å². The lowest BCUT2D eigenvalue weighted by molar-refractivity contribution is -0.461. The maximum atomic E-state index is 14.9. The number of ether oxygens (including phenoxy) is 2. The van der Waals surface area contributed by atoms with Crippen LogP contribution in [-0.4, -0.2) is 237 Å². The third kappa shape index (κ3) is 21.5. The second kappa shape index (κ2) is 35.6. The van der Waals surface area contributed by atoms with Crippen LogP contribution in [0.3, 0.4) is 0 Å². The minimum absolute atomic E-state index is 0.341. The van der Waals surface area contributed by atoms with Gasteiger partial charge in [-0.2, -0.15) is 149 Å². The van der Waals surface area contributed by atoms with Crippen molar-refractivity contribution in [1.29, 1.82) is 0 Å². The molecule has 10 N–H and O–H groups in total. The van der Waals surface area contributed by atoms with E-state index in [2.05, 4.69) is 20.1 Å². The van der Waals surface area contributed by atoms with Gasteiger partial charge >= 0.3 is 107 Å². The molecule has 636 valence electrons. The van der Waals surface area contributed by atoms with Gasteiger partial charge in [-0.15, -0.1) is 0 Å². The molecule has 0 rings (SSSR count). The Morgan fingerprint density at radius 3 is 0.796 bits per heavy atom. The molecule has 5 amide bonds. The third-order valence-electron chi connectivity index (χ3n) is 15.0. The smallest absolute Gasteiger partial charge is 0.460 e. The minimum atomic E-state index is -9.14. The molecule has 9 atom stereocenters. The lowest BCUT2D eigenvalue weighted by atomic mass is 9.88. The summed E-state index contributed by atoms with van der Waals surface area (Å²) in [5.74, 6) is -136. The number of amides is 5. The maximum Gasteiger partial charge on any atom is 0.460 e. The monoisotopic (exact) mass is 1670 g/mol. The van der Waals surface area contributed by atoms with Crippen LogP contribution in [0.2, 0.25) is 0 Å². The van der Waals surface area contributed by atoms with Gasteiger partial charge in [-0.1, -0.05) is 55.4 Å². The van der Waals surface area contributed by atoms with Crippen molar-refractivity contribution in [2.45, 2.75) is 257 Å². The van der Waals surface area contributed by atoms with Crippen LogP contribution in [-0.2, 0) is 43.0 Å². The third-order valence-corrected chi connectivity index (χ3v) is 15.0. The fourth-order valence-corrected chi connectivity index (χ4v) is 8.80. The standard InChI is InChI=1S/C55H69F34N5O14/c1-20(2)15-25(91-35(102)26(16-21(3)4)92-36(103)27(17-22(5)6)93-37(104)28(18-23(7)8)94-38(105)33(100)32(99)31(98)29(96)19-95)34(101)90-24(39(106)108-14-12-41(58,59)43(62,63)45(66,67)47(70,71)49(74,75)51(78,79)53(82,83)55(87,88)89)9-10-30(97)107-13-11-40(56,57)42(60,61)44(64,65)46(68,69)48(72,73)50(76,77)52(80,81)54(84,85)86/h20-29,31-33,95-96,98-100H,9-19H2,1-8H3,(H,90,101)(H,91,102)(H,92,103)(H,93,104)(H,94,105)/t24?,25-,26-,27-,28-,29+,31+,32-,33+/m0/s1. The molecule has 0 fully saturated rings. The summed E-state index contributed by atoms with van der Waals surface area (Å²) in [6.45, 7) is 4.14. The van der Waals surface area contributed by atoms with Gasteiger partial charge in [0.25, 0.3) is 5.91 Å². The fraction of sp³-hybridized carbons (Fsp3) is 0.873. The normalized spacial score (nSPS) is 17.0. The number of halogens is 34. The Hall–Kier alpha value is -6.29. The van der Waals surface area contributed by atoms with Gasteiger partial charge in [0.1, 0.15) is 48.5 Å². The number of aliphatic hydroxyl groups is 5. The number of nitrogens with one attached hydrogen (secondary N) is 5. The predicted octanol–water partition coefficient (Wildman–Crippen LogP) is 9.70. The molecule has 53 heteroatoms. The first-order valence-electron chi connectivity index (χ1n) is 30.4. The first-order valence-corrected chi connectivity index (χ1v) is 30.4. The summed E-state index contributed by atoms with van der Waals surface area (Å²) in [5.41, 5.74) is 0. The van der Waals surface area contributed by atoms with Crippen molar-refractivity contribution in [2.24, 2.45) is 23.7 Å². The van der Waals surface area contributed by atoms with E-state index >= 15 is 0 Å². The van der Waals surface area contributed by atoms with Crippen molar-refractivity contribution in [3.05, 3.63) is 0 Å². The van der Waals surface area contributed by atoms with E-state index in [1.807, 2.05) is 10.6 Å². The Balaban J connectivity index is 7.71.